The molecule has 3 aromatic carbocycles. The van der Waals surface area contributed by atoms with E-state index in [4.69, 9.17) is 19.9 Å². The van der Waals surface area contributed by atoms with E-state index in [9.17, 15) is 0 Å². The third-order valence-corrected chi connectivity index (χ3v) is 5.81. The number of anilines is 1. The second-order valence-electron chi connectivity index (χ2n) is 7.18. The van der Waals surface area contributed by atoms with E-state index in [1.165, 1.54) is 0 Å². The molecule has 0 fully saturated rings. The number of methoxy groups -OCH3 is 1. The zero-order valence-corrected chi connectivity index (χ0v) is 18.4. The fourth-order valence-corrected chi connectivity index (χ4v) is 3.95. The summed E-state index contributed by atoms with van der Waals surface area (Å²) in [6.07, 6.45) is 0. The van der Waals surface area contributed by atoms with Crippen LogP contribution in [0.3, 0.4) is 0 Å². The molecule has 0 atom stereocenters. The van der Waals surface area contributed by atoms with Crippen molar-refractivity contribution in [3.05, 3.63) is 89.4 Å². The Kier molecular flexibility index (Phi) is 4.96. The van der Waals surface area contributed by atoms with Gasteiger partial charge in [0.05, 0.1) is 23.9 Å². The molecule has 5 rings (SSSR count). The first-order valence-corrected chi connectivity index (χ1v) is 10.6. The Morgan fingerprint density at radius 2 is 1.52 bits per heavy atom. The van der Waals surface area contributed by atoms with Gasteiger partial charge in [-0.2, -0.15) is 0 Å². The highest BCUT2D eigenvalue weighted by atomic mass is 79.9. The number of rotatable bonds is 4. The van der Waals surface area contributed by atoms with Crippen LogP contribution in [0, 0.1) is 0 Å². The second-order valence-corrected chi connectivity index (χ2v) is 8.10. The van der Waals surface area contributed by atoms with E-state index in [0.29, 0.717) is 11.4 Å². The Hall–Kier alpha value is -3.57. The van der Waals surface area contributed by atoms with Gasteiger partial charge in [0.1, 0.15) is 11.5 Å². The Bertz CT molecular complexity index is 1360. The van der Waals surface area contributed by atoms with Crippen LogP contribution < -0.4 is 10.5 Å². The van der Waals surface area contributed by atoms with Crippen LogP contribution in [0.2, 0.25) is 0 Å². The van der Waals surface area contributed by atoms with Crippen LogP contribution >= 0.6 is 15.9 Å². The number of benzene rings is 3. The molecule has 0 radical (unpaired) electrons. The predicted molar refractivity (Wildman–Crippen MR) is 129 cm³/mol. The molecular formula is C26H19BrN2O2. The van der Waals surface area contributed by atoms with Crippen molar-refractivity contribution < 1.29 is 9.15 Å². The summed E-state index contributed by atoms with van der Waals surface area (Å²) >= 11 is 3.51. The first-order valence-electron chi connectivity index (χ1n) is 9.83. The second kappa shape index (κ2) is 7.93. The van der Waals surface area contributed by atoms with E-state index in [1.54, 1.807) is 7.11 Å². The normalized spacial score (nSPS) is 11.0. The van der Waals surface area contributed by atoms with Crippen molar-refractivity contribution >= 4 is 32.7 Å². The van der Waals surface area contributed by atoms with E-state index >= 15 is 0 Å². The number of nitrogens with two attached hydrogens (primary N) is 1. The highest BCUT2D eigenvalue weighted by molar-refractivity contribution is 9.10. The number of fused-ring (bicyclic) bond motifs is 1. The minimum absolute atomic E-state index is 0.517. The number of furan rings is 1. The summed E-state index contributed by atoms with van der Waals surface area (Å²) in [4.78, 5) is 4.91. The smallest absolute Gasteiger partial charge is 0.229 e. The molecule has 2 aromatic heterocycles. The van der Waals surface area contributed by atoms with Gasteiger partial charge in [-0.05, 0) is 48.0 Å². The molecule has 2 N–H and O–H groups in total. The SMILES string of the molecule is COc1ccc(-c2nc3oc(-c4ccccc4)cc3c(N)c2-c2ccc(Br)cc2)cc1. The third-order valence-electron chi connectivity index (χ3n) is 5.28. The van der Waals surface area contributed by atoms with Crippen LogP contribution in [0.5, 0.6) is 5.75 Å². The summed E-state index contributed by atoms with van der Waals surface area (Å²) in [6.45, 7) is 0. The van der Waals surface area contributed by atoms with Crippen molar-refractivity contribution in [2.45, 2.75) is 0 Å². The molecule has 0 bridgehead atoms. The van der Waals surface area contributed by atoms with Crippen LogP contribution in [0.1, 0.15) is 0 Å². The Balaban J connectivity index is 1.77. The summed E-state index contributed by atoms with van der Waals surface area (Å²) < 4.78 is 12.4. The minimum Gasteiger partial charge on any atom is -0.497 e. The van der Waals surface area contributed by atoms with Gasteiger partial charge in [-0.3, -0.25) is 0 Å². The maximum absolute atomic E-state index is 6.74. The molecule has 5 aromatic rings. The Morgan fingerprint density at radius 1 is 0.839 bits per heavy atom. The topological polar surface area (TPSA) is 61.3 Å². The summed E-state index contributed by atoms with van der Waals surface area (Å²) in [5, 5.41) is 0.800. The largest absolute Gasteiger partial charge is 0.497 e. The van der Waals surface area contributed by atoms with Gasteiger partial charge < -0.3 is 14.9 Å². The number of ether oxygens (including phenoxy) is 1. The number of hydrogen-bond donors (Lipinski definition) is 1. The maximum Gasteiger partial charge on any atom is 0.229 e. The fraction of sp³-hybridized carbons (Fsp3) is 0.0385. The fourth-order valence-electron chi connectivity index (χ4n) is 3.69. The first kappa shape index (κ1) is 19.4. The molecule has 152 valence electrons. The number of hydrogen-bond acceptors (Lipinski definition) is 4. The molecular weight excluding hydrogens is 452 g/mol. The van der Waals surface area contributed by atoms with Crippen molar-refractivity contribution in [3.63, 3.8) is 0 Å². The molecule has 0 aliphatic carbocycles. The molecule has 4 nitrogen and oxygen atoms in total. The van der Waals surface area contributed by atoms with Gasteiger partial charge in [-0.25, -0.2) is 4.98 Å². The highest BCUT2D eigenvalue weighted by Crippen LogP contribution is 2.42. The molecule has 0 aliphatic rings. The standard InChI is InChI=1S/C26H19BrN2O2/c1-30-20-13-9-18(10-14-20)25-23(17-7-11-19(27)12-8-17)24(28)21-15-22(31-26(21)29-25)16-5-3-2-4-6-16/h2-15H,1H3,(H2,28,29). The third kappa shape index (κ3) is 3.57. The molecule has 0 unspecified atom stereocenters. The van der Waals surface area contributed by atoms with Crippen LogP contribution in [0.25, 0.3) is 44.8 Å². The van der Waals surface area contributed by atoms with Gasteiger partial charge in [0.2, 0.25) is 5.71 Å². The van der Waals surface area contributed by atoms with E-state index in [0.717, 1.165) is 49.3 Å². The van der Waals surface area contributed by atoms with Gasteiger partial charge in [0.15, 0.2) is 0 Å². The summed E-state index contributed by atoms with van der Waals surface area (Å²) in [5.41, 5.74) is 12.5. The van der Waals surface area contributed by atoms with Crippen molar-refractivity contribution in [1.29, 1.82) is 0 Å². The molecule has 5 heteroatoms. The van der Waals surface area contributed by atoms with Crippen molar-refractivity contribution in [3.8, 4) is 39.5 Å². The lowest BCUT2D eigenvalue weighted by atomic mass is 9.96. The number of halogens is 1. The average molecular weight is 471 g/mol. The molecule has 31 heavy (non-hydrogen) atoms. The van der Waals surface area contributed by atoms with Gasteiger partial charge in [0.25, 0.3) is 0 Å². The molecule has 0 saturated carbocycles. The minimum atomic E-state index is 0.517. The van der Waals surface area contributed by atoms with Crippen molar-refractivity contribution in [2.24, 2.45) is 0 Å². The van der Waals surface area contributed by atoms with Crippen LogP contribution in [-0.4, -0.2) is 12.1 Å². The number of pyridine rings is 1. The molecule has 0 aliphatic heterocycles. The lowest BCUT2D eigenvalue weighted by molar-refractivity contribution is 0.415. The van der Waals surface area contributed by atoms with Crippen LogP contribution in [0.4, 0.5) is 5.69 Å². The van der Waals surface area contributed by atoms with Gasteiger partial charge in [0, 0.05) is 21.2 Å². The monoisotopic (exact) mass is 470 g/mol. The van der Waals surface area contributed by atoms with Crippen molar-refractivity contribution in [2.75, 3.05) is 12.8 Å². The first-order chi connectivity index (χ1) is 15.1. The number of nitrogens with zero attached hydrogens (tertiary/aromatic N) is 1. The lowest BCUT2D eigenvalue weighted by Gasteiger charge is -2.13. The van der Waals surface area contributed by atoms with Gasteiger partial charge >= 0.3 is 0 Å². The Morgan fingerprint density at radius 3 is 2.19 bits per heavy atom. The van der Waals surface area contributed by atoms with E-state index in [-0.39, 0.29) is 0 Å². The van der Waals surface area contributed by atoms with Crippen molar-refractivity contribution in [1.82, 2.24) is 4.98 Å². The highest BCUT2D eigenvalue weighted by Gasteiger charge is 2.20. The summed E-state index contributed by atoms with van der Waals surface area (Å²) in [7, 11) is 1.65. The quantitative estimate of drug-likeness (QED) is 0.302. The van der Waals surface area contributed by atoms with E-state index < -0.39 is 0 Å². The predicted octanol–water partition coefficient (Wildman–Crippen LogP) is 7.18. The van der Waals surface area contributed by atoms with E-state index in [2.05, 4.69) is 15.9 Å². The maximum atomic E-state index is 6.74. The zero-order chi connectivity index (χ0) is 21.4. The van der Waals surface area contributed by atoms with Crippen LogP contribution in [0.15, 0.2) is 93.8 Å². The molecule has 0 spiro atoms. The van der Waals surface area contributed by atoms with Gasteiger partial charge in [-0.15, -0.1) is 0 Å². The summed E-state index contributed by atoms with van der Waals surface area (Å²) in [6, 6.07) is 27.8. The lowest BCUT2D eigenvalue weighted by Crippen LogP contribution is -1.97. The van der Waals surface area contributed by atoms with E-state index in [1.807, 2.05) is 84.9 Å². The zero-order valence-electron chi connectivity index (χ0n) is 16.8. The van der Waals surface area contributed by atoms with Crippen LogP contribution in [-0.2, 0) is 0 Å². The number of aromatic nitrogens is 1. The van der Waals surface area contributed by atoms with Gasteiger partial charge in [-0.1, -0.05) is 58.4 Å². The average Bonchev–Trinajstić information content (AvgIpc) is 3.25. The molecule has 0 saturated heterocycles. The molecule has 0 amide bonds. The summed E-state index contributed by atoms with van der Waals surface area (Å²) in [5.74, 6) is 1.52. The Labute approximate surface area is 188 Å². The molecule has 2 heterocycles. The number of nitrogen functional groups attached to an aromatic ring is 1.